The minimum Gasteiger partial charge on any atom is -0.349 e. The molecule has 2 N–H and O–H groups in total. The topological polar surface area (TPSA) is 100 Å². The number of nitrogens with one attached hydrogen (secondary N) is 2. The van der Waals surface area contributed by atoms with Crippen LogP contribution in [0.1, 0.15) is 37.4 Å². The summed E-state index contributed by atoms with van der Waals surface area (Å²) in [5.41, 5.74) is 4.30. The van der Waals surface area contributed by atoms with Gasteiger partial charge in [-0.1, -0.05) is 30.7 Å². The highest BCUT2D eigenvalue weighted by molar-refractivity contribution is 7.92. The van der Waals surface area contributed by atoms with Gasteiger partial charge in [0.2, 0.25) is 5.95 Å². The molecular weight excluding hydrogens is 563 g/mol. The first-order valence-electron chi connectivity index (χ1n) is 13.7. The fraction of sp³-hybridized carbons (Fsp3) is 0.367. The van der Waals surface area contributed by atoms with E-state index in [-0.39, 0.29) is 27.8 Å². The molecule has 2 aromatic carbocycles. The van der Waals surface area contributed by atoms with Gasteiger partial charge in [0.05, 0.1) is 16.6 Å². The van der Waals surface area contributed by atoms with Crippen molar-refractivity contribution in [2.45, 2.75) is 62.7 Å². The Balaban J connectivity index is 1.38. The Bertz CT molecular complexity index is 1680. The van der Waals surface area contributed by atoms with Gasteiger partial charge in [0.25, 0.3) is 10.0 Å². The number of benzene rings is 2. The standard InChI is InChI=1S/C30H34ClFN6O2S/c1-5-19-14-20(23-11-13-28(34-18(23)2)37-41(39,40)27-9-7-6-8-24(27)31)15-21-17-33-30(36-29(19)21)35-26-12-10-22(38(3)4)16-25(26)32/h6-9,11,13-15,17,22,25-26H,5,10,12,16H2,1-4H3,(H,34,37)(H,33,35,36)/t22-,25-,26?/m0/s1. The van der Waals surface area contributed by atoms with E-state index in [1.165, 1.54) is 12.1 Å². The van der Waals surface area contributed by atoms with Crippen LogP contribution in [-0.4, -0.2) is 60.6 Å². The van der Waals surface area contributed by atoms with E-state index in [9.17, 15) is 12.8 Å². The molecule has 1 aliphatic rings. The molecule has 216 valence electrons. The van der Waals surface area contributed by atoms with Gasteiger partial charge in [0, 0.05) is 28.9 Å². The molecule has 1 unspecified atom stereocenters. The molecule has 0 bridgehead atoms. The van der Waals surface area contributed by atoms with Crippen LogP contribution in [0.3, 0.4) is 0 Å². The second-order valence-corrected chi connectivity index (χ2v) is 12.7. The smallest absolute Gasteiger partial charge is 0.264 e. The number of hydrogen-bond acceptors (Lipinski definition) is 7. The lowest BCUT2D eigenvalue weighted by atomic mass is 9.89. The Morgan fingerprint density at radius 1 is 1.10 bits per heavy atom. The molecule has 8 nitrogen and oxygen atoms in total. The molecule has 11 heteroatoms. The molecule has 41 heavy (non-hydrogen) atoms. The minimum atomic E-state index is -3.90. The molecule has 5 rings (SSSR count). The number of halogens is 2. The summed E-state index contributed by atoms with van der Waals surface area (Å²) in [6.07, 6.45) is 3.69. The Kier molecular flexibility index (Phi) is 8.45. The van der Waals surface area contributed by atoms with Crippen molar-refractivity contribution in [1.82, 2.24) is 19.9 Å². The van der Waals surface area contributed by atoms with Crippen molar-refractivity contribution in [1.29, 1.82) is 0 Å². The summed E-state index contributed by atoms with van der Waals surface area (Å²) in [6.45, 7) is 3.89. The zero-order valence-corrected chi connectivity index (χ0v) is 25.1. The Morgan fingerprint density at radius 2 is 1.88 bits per heavy atom. The fourth-order valence-electron chi connectivity index (χ4n) is 5.38. The van der Waals surface area contributed by atoms with Crippen molar-refractivity contribution in [2.24, 2.45) is 0 Å². The Hall–Kier alpha value is -3.34. The lowest BCUT2D eigenvalue weighted by Crippen LogP contribution is -2.43. The normalized spacial score (nSPS) is 19.4. The number of anilines is 2. The molecule has 0 spiro atoms. The maximum absolute atomic E-state index is 14.9. The molecule has 2 aromatic heterocycles. The van der Waals surface area contributed by atoms with Gasteiger partial charge in [-0.3, -0.25) is 4.72 Å². The van der Waals surface area contributed by atoms with E-state index in [4.69, 9.17) is 16.6 Å². The van der Waals surface area contributed by atoms with E-state index in [1.54, 1.807) is 24.4 Å². The lowest BCUT2D eigenvalue weighted by molar-refractivity contribution is 0.139. The maximum Gasteiger partial charge on any atom is 0.264 e. The number of alkyl halides is 1. The predicted molar refractivity (Wildman–Crippen MR) is 163 cm³/mol. The Labute approximate surface area is 245 Å². The molecule has 1 saturated carbocycles. The second kappa shape index (κ2) is 11.9. The quantitative estimate of drug-likeness (QED) is 0.248. The third-order valence-corrected chi connectivity index (χ3v) is 9.55. The van der Waals surface area contributed by atoms with Crippen LogP contribution >= 0.6 is 11.6 Å². The van der Waals surface area contributed by atoms with Crippen LogP contribution in [-0.2, 0) is 16.4 Å². The van der Waals surface area contributed by atoms with Gasteiger partial charge < -0.3 is 10.2 Å². The SMILES string of the molecule is CCc1cc(-c2ccc(NS(=O)(=O)c3ccccc3Cl)nc2C)cc2cnc(NC3CC[C@H](N(C)C)C[C@@H]3F)nc12. The van der Waals surface area contributed by atoms with Gasteiger partial charge in [0.15, 0.2) is 0 Å². The largest absolute Gasteiger partial charge is 0.349 e. The molecule has 0 radical (unpaired) electrons. The molecular formula is C30H34ClFN6O2S. The van der Waals surface area contributed by atoms with Crippen LogP contribution in [0.4, 0.5) is 16.2 Å². The molecule has 2 heterocycles. The number of rotatable bonds is 8. The molecule has 1 aliphatic carbocycles. The number of nitrogens with zero attached hydrogens (tertiary/aromatic N) is 4. The summed E-state index contributed by atoms with van der Waals surface area (Å²) in [6, 6.07) is 13.7. The summed E-state index contributed by atoms with van der Waals surface area (Å²) in [5.74, 6) is 0.636. The van der Waals surface area contributed by atoms with E-state index in [0.717, 1.165) is 46.9 Å². The van der Waals surface area contributed by atoms with Crippen LogP contribution in [0.25, 0.3) is 22.0 Å². The molecule has 0 aliphatic heterocycles. The van der Waals surface area contributed by atoms with Crippen LogP contribution in [0, 0.1) is 6.92 Å². The van der Waals surface area contributed by atoms with Gasteiger partial charge >= 0.3 is 0 Å². The summed E-state index contributed by atoms with van der Waals surface area (Å²) in [7, 11) is 0.0923. The summed E-state index contributed by atoms with van der Waals surface area (Å²) in [4.78, 5) is 15.9. The maximum atomic E-state index is 14.9. The van der Waals surface area contributed by atoms with Crippen molar-refractivity contribution >= 4 is 44.3 Å². The van der Waals surface area contributed by atoms with Crippen LogP contribution in [0.15, 0.2) is 59.6 Å². The van der Waals surface area contributed by atoms with Crippen molar-refractivity contribution in [3.63, 3.8) is 0 Å². The van der Waals surface area contributed by atoms with Crippen molar-refractivity contribution in [3.05, 3.63) is 71.0 Å². The average Bonchev–Trinajstić information content (AvgIpc) is 2.93. The number of aromatic nitrogens is 3. The van der Waals surface area contributed by atoms with E-state index in [1.807, 2.05) is 33.2 Å². The van der Waals surface area contributed by atoms with Gasteiger partial charge in [0.1, 0.15) is 16.9 Å². The number of pyridine rings is 1. The summed E-state index contributed by atoms with van der Waals surface area (Å²) in [5, 5.41) is 4.24. The average molecular weight is 597 g/mol. The van der Waals surface area contributed by atoms with Crippen LogP contribution in [0.2, 0.25) is 5.02 Å². The molecule has 0 amide bonds. The summed E-state index contributed by atoms with van der Waals surface area (Å²) >= 11 is 6.10. The van der Waals surface area contributed by atoms with Crippen molar-refractivity contribution < 1.29 is 12.8 Å². The molecule has 3 atom stereocenters. The van der Waals surface area contributed by atoms with E-state index >= 15 is 0 Å². The predicted octanol–water partition coefficient (Wildman–Crippen LogP) is 6.25. The zero-order valence-electron chi connectivity index (χ0n) is 23.5. The third kappa shape index (κ3) is 6.29. The third-order valence-electron chi connectivity index (χ3n) is 7.69. The molecule has 1 fully saturated rings. The van der Waals surface area contributed by atoms with E-state index in [0.29, 0.717) is 18.1 Å². The first-order valence-corrected chi connectivity index (χ1v) is 15.5. The fourth-order valence-corrected chi connectivity index (χ4v) is 6.91. The van der Waals surface area contributed by atoms with E-state index in [2.05, 4.69) is 37.9 Å². The zero-order chi connectivity index (χ0) is 29.3. The molecule has 4 aromatic rings. The monoisotopic (exact) mass is 596 g/mol. The van der Waals surface area contributed by atoms with Crippen LogP contribution in [0.5, 0.6) is 0 Å². The highest BCUT2D eigenvalue weighted by atomic mass is 35.5. The number of hydrogen-bond donors (Lipinski definition) is 2. The van der Waals surface area contributed by atoms with Gasteiger partial charge in [-0.2, -0.15) is 0 Å². The minimum absolute atomic E-state index is 0.00977. The summed E-state index contributed by atoms with van der Waals surface area (Å²) < 4.78 is 43.1. The van der Waals surface area contributed by atoms with E-state index < -0.39 is 16.2 Å². The van der Waals surface area contributed by atoms with Crippen molar-refractivity contribution in [2.75, 3.05) is 24.1 Å². The first-order chi connectivity index (χ1) is 19.6. The second-order valence-electron chi connectivity index (χ2n) is 10.7. The number of sulfonamides is 1. The highest BCUT2D eigenvalue weighted by Crippen LogP contribution is 2.32. The lowest BCUT2D eigenvalue weighted by Gasteiger charge is -2.35. The van der Waals surface area contributed by atoms with Crippen LogP contribution < -0.4 is 10.0 Å². The highest BCUT2D eigenvalue weighted by Gasteiger charge is 2.32. The van der Waals surface area contributed by atoms with Gasteiger partial charge in [-0.15, -0.1) is 0 Å². The van der Waals surface area contributed by atoms with Gasteiger partial charge in [-0.25, -0.2) is 27.8 Å². The number of aryl methyl sites for hydroxylation is 2. The molecule has 0 saturated heterocycles. The van der Waals surface area contributed by atoms with Crippen molar-refractivity contribution in [3.8, 4) is 11.1 Å². The van der Waals surface area contributed by atoms with Gasteiger partial charge in [-0.05, 0) is 94.2 Å². The Morgan fingerprint density at radius 3 is 2.56 bits per heavy atom. The number of fused-ring (bicyclic) bond motifs is 1. The first kappa shape index (κ1) is 29.2.